The summed E-state index contributed by atoms with van der Waals surface area (Å²) in [5.74, 6) is -3.33. The highest BCUT2D eigenvalue weighted by Gasteiger charge is 2.50. The van der Waals surface area contributed by atoms with E-state index in [4.69, 9.17) is 23.7 Å². The van der Waals surface area contributed by atoms with Crippen LogP contribution in [0.3, 0.4) is 0 Å². The lowest BCUT2D eigenvalue weighted by Gasteiger charge is -2.40. The first-order valence-corrected chi connectivity index (χ1v) is 28.2. The van der Waals surface area contributed by atoms with Gasteiger partial charge >= 0.3 is 23.9 Å². The molecular weight excluding hydrogens is 925 g/mol. The molecule has 0 aliphatic carbocycles. The van der Waals surface area contributed by atoms with E-state index in [1.807, 2.05) is 12.2 Å². The number of carbonyl (C=O) groups is 4. The molecule has 1 aliphatic rings. The number of hydrogen-bond acceptors (Lipinski definition) is 11. The van der Waals surface area contributed by atoms with Gasteiger partial charge in [-0.1, -0.05) is 214 Å². The highest BCUT2D eigenvalue weighted by atomic mass is 16.7. The molecule has 6 atom stereocenters. The molecule has 0 amide bonds. The van der Waals surface area contributed by atoms with E-state index in [1.54, 1.807) is 6.08 Å². The normalized spacial score (nSPS) is 19.1. The van der Waals surface area contributed by atoms with E-state index < -0.39 is 67.3 Å². The Morgan fingerprint density at radius 2 is 0.904 bits per heavy atom. The SMILES string of the molecule is CC/C=C\C/C=C\C/C=C\C/C=C\C/C=C\CC(=O)OCC(COC1OC(C(=O)O)C(O)C(O)C1OC(=O)CCCCC/C=C\C/C=C\C/C=C\CC)OC(=O)CCCCCCCCCCCCCCCCC. The number of esters is 3. The number of aliphatic carboxylic acids is 1. The number of unbranched alkanes of at least 4 members (excludes halogenated alkanes) is 17. The van der Waals surface area contributed by atoms with Gasteiger partial charge in [-0.15, -0.1) is 0 Å². The maximum Gasteiger partial charge on any atom is 0.335 e. The van der Waals surface area contributed by atoms with E-state index in [0.29, 0.717) is 19.3 Å². The van der Waals surface area contributed by atoms with E-state index in [9.17, 15) is 34.5 Å². The third-order valence-corrected chi connectivity index (χ3v) is 12.2. The van der Waals surface area contributed by atoms with E-state index >= 15 is 0 Å². The zero-order valence-corrected chi connectivity index (χ0v) is 45.3. The second kappa shape index (κ2) is 48.6. The lowest BCUT2D eigenvalue weighted by atomic mass is 9.98. The molecule has 0 aromatic carbocycles. The first-order valence-electron chi connectivity index (χ1n) is 28.2. The number of carboxylic acids is 1. The van der Waals surface area contributed by atoms with Crippen molar-refractivity contribution in [1.82, 2.24) is 0 Å². The molecule has 414 valence electrons. The Morgan fingerprint density at radius 3 is 1.38 bits per heavy atom. The fourth-order valence-electron chi connectivity index (χ4n) is 7.92. The van der Waals surface area contributed by atoms with Gasteiger partial charge in [-0.2, -0.15) is 0 Å². The van der Waals surface area contributed by atoms with E-state index in [0.717, 1.165) is 83.5 Å². The zero-order chi connectivity index (χ0) is 53.3. The Kier molecular flexibility index (Phi) is 44.4. The smallest absolute Gasteiger partial charge is 0.335 e. The number of rotatable bonds is 46. The predicted molar refractivity (Wildman–Crippen MR) is 294 cm³/mol. The predicted octanol–water partition coefficient (Wildman–Crippen LogP) is 14.1. The van der Waals surface area contributed by atoms with E-state index in [1.165, 1.54) is 70.6 Å². The highest BCUT2D eigenvalue weighted by Crippen LogP contribution is 2.26. The largest absolute Gasteiger partial charge is 0.479 e. The number of carbonyl (C=O) groups excluding carboxylic acids is 3. The van der Waals surface area contributed by atoms with E-state index in [-0.39, 0.29) is 25.9 Å². The number of aliphatic hydroxyl groups excluding tert-OH is 2. The molecular formula is C61H98O12. The molecule has 6 unspecified atom stereocenters. The van der Waals surface area contributed by atoms with Crippen LogP contribution < -0.4 is 0 Å². The summed E-state index contributed by atoms with van der Waals surface area (Å²) in [5.41, 5.74) is 0. The third-order valence-electron chi connectivity index (χ3n) is 12.2. The highest BCUT2D eigenvalue weighted by molar-refractivity contribution is 5.74. The van der Waals surface area contributed by atoms with E-state index in [2.05, 4.69) is 99.8 Å². The number of aliphatic hydroxyl groups is 2. The zero-order valence-electron chi connectivity index (χ0n) is 45.3. The van der Waals surface area contributed by atoms with Crippen LogP contribution in [-0.4, -0.2) is 89.2 Å². The van der Waals surface area contributed by atoms with Crippen molar-refractivity contribution in [2.24, 2.45) is 0 Å². The summed E-state index contributed by atoms with van der Waals surface area (Å²) < 4.78 is 28.2. The molecule has 0 spiro atoms. The lowest BCUT2D eigenvalue weighted by molar-refractivity contribution is -0.301. The minimum Gasteiger partial charge on any atom is -0.479 e. The second-order valence-corrected chi connectivity index (χ2v) is 18.8. The maximum absolute atomic E-state index is 13.1. The quantitative estimate of drug-likeness (QED) is 0.0228. The van der Waals surface area contributed by atoms with Gasteiger partial charge in [0.1, 0.15) is 18.8 Å². The molecule has 0 bridgehead atoms. The Morgan fingerprint density at radius 1 is 0.479 bits per heavy atom. The van der Waals surface area contributed by atoms with Gasteiger partial charge < -0.3 is 39.0 Å². The molecule has 0 radical (unpaired) electrons. The van der Waals surface area contributed by atoms with Crippen molar-refractivity contribution in [3.63, 3.8) is 0 Å². The summed E-state index contributed by atoms with van der Waals surface area (Å²) in [4.78, 5) is 50.9. The third kappa shape index (κ3) is 38.8. The van der Waals surface area contributed by atoms with Gasteiger partial charge in [-0.05, 0) is 77.0 Å². The molecule has 73 heavy (non-hydrogen) atoms. The second-order valence-electron chi connectivity index (χ2n) is 18.8. The summed E-state index contributed by atoms with van der Waals surface area (Å²) in [6, 6.07) is 0. The van der Waals surface area contributed by atoms with Crippen LogP contribution in [0.15, 0.2) is 97.2 Å². The standard InChI is InChI=1S/C61H98O12/c1-4-7-10-13-16-19-22-25-27-30-32-35-38-41-44-47-53(62)69-50-52(71-54(63)48-45-42-39-36-34-31-28-26-23-20-17-14-11-8-5-2)51-70-61-59(57(66)56(65)58(73-61)60(67)68)72-55(64)49-46-43-40-37-33-29-24-21-18-15-12-9-6-3/h7,9-10,12,16,18-19,21,25,27,29,32-33,35,41,44,52,56-59,61,65-66H,4-6,8,11,13-15,17,20,22-24,26,28,30-31,34,36-40,42-43,45-51H2,1-3H3,(H,67,68)/b10-7-,12-9-,19-16-,21-18-,27-25-,33-29-,35-32-,44-41-. The average Bonchev–Trinajstić information content (AvgIpc) is 3.37. The molecule has 0 aromatic heterocycles. The van der Waals surface area contributed by atoms with Crippen molar-refractivity contribution >= 4 is 23.9 Å². The molecule has 1 heterocycles. The van der Waals surface area contributed by atoms with Crippen molar-refractivity contribution in [2.75, 3.05) is 13.2 Å². The van der Waals surface area contributed by atoms with Gasteiger partial charge in [0.05, 0.1) is 13.0 Å². The number of allylic oxidation sites excluding steroid dienone is 15. The summed E-state index contributed by atoms with van der Waals surface area (Å²) >= 11 is 0. The molecule has 1 rings (SSSR count). The molecule has 12 heteroatoms. The minimum atomic E-state index is -1.93. The lowest BCUT2D eigenvalue weighted by Crippen LogP contribution is -2.61. The Labute approximate surface area is 441 Å². The fraction of sp³-hybridized carbons (Fsp3) is 0.672. The van der Waals surface area contributed by atoms with Crippen molar-refractivity contribution in [3.8, 4) is 0 Å². The Balaban J connectivity index is 2.78. The molecule has 1 saturated heterocycles. The molecule has 0 saturated carbocycles. The number of ether oxygens (including phenoxy) is 5. The van der Waals surface area contributed by atoms with Crippen LogP contribution in [0.2, 0.25) is 0 Å². The van der Waals surface area contributed by atoms with Crippen LogP contribution in [-0.2, 0) is 42.9 Å². The summed E-state index contributed by atoms with van der Waals surface area (Å²) in [6.45, 7) is 5.65. The van der Waals surface area contributed by atoms with Crippen molar-refractivity contribution in [1.29, 1.82) is 0 Å². The van der Waals surface area contributed by atoms with Crippen molar-refractivity contribution in [3.05, 3.63) is 97.2 Å². The maximum atomic E-state index is 13.1. The number of hydrogen-bond donors (Lipinski definition) is 3. The topological polar surface area (TPSA) is 175 Å². The summed E-state index contributed by atoms with van der Waals surface area (Å²) in [5, 5.41) is 31.4. The average molecular weight is 1020 g/mol. The molecule has 3 N–H and O–H groups in total. The summed E-state index contributed by atoms with van der Waals surface area (Å²) in [7, 11) is 0. The van der Waals surface area contributed by atoms with Gasteiger partial charge in [-0.3, -0.25) is 14.4 Å². The first kappa shape index (κ1) is 66.7. The van der Waals surface area contributed by atoms with Gasteiger partial charge in [0.2, 0.25) is 0 Å². The molecule has 0 aromatic rings. The van der Waals surface area contributed by atoms with Crippen molar-refractivity contribution < 1.29 is 58.2 Å². The van der Waals surface area contributed by atoms with Crippen LogP contribution in [0.5, 0.6) is 0 Å². The van der Waals surface area contributed by atoms with Gasteiger partial charge in [0, 0.05) is 12.8 Å². The van der Waals surface area contributed by atoms with Crippen molar-refractivity contribution in [2.45, 2.75) is 250 Å². The van der Waals surface area contributed by atoms with Gasteiger partial charge in [0.15, 0.2) is 24.6 Å². The van der Waals surface area contributed by atoms with Gasteiger partial charge in [-0.25, -0.2) is 4.79 Å². The monoisotopic (exact) mass is 1020 g/mol. The van der Waals surface area contributed by atoms with Crippen LogP contribution in [0.4, 0.5) is 0 Å². The fourth-order valence-corrected chi connectivity index (χ4v) is 7.92. The Bertz CT molecular complexity index is 1640. The Hall–Kier alpha value is -4.36. The van der Waals surface area contributed by atoms with Crippen LogP contribution in [0.25, 0.3) is 0 Å². The molecule has 1 fully saturated rings. The summed E-state index contributed by atoms with van der Waals surface area (Å²) in [6.07, 6.45) is 51.3. The molecule has 12 nitrogen and oxygen atoms in total. The number of carboxylic acid groups (broad SMARTS) is 1. The van der Waals surface area contributed by atoms with Gasteiger partial charge in [0.25, 0.3) is 0 Å². The minimum absolute atomic E-state index is 0.0134. The first-order chi connectivity index (χ1) is 35.6. The molecule has 1 aliphatic heterocycles. The van der Waals surface area contributed by atoms with Crippen LogP contribution in [0.1, 0.15) is 213 Å². The van der Waals surface area contributed by atoms with Crippen LogP contribution in [0, 0.1) is 0 Å². The van der Waals surface area contributed by atoms with Crippen LogP contribution >= 0.6 is 0 Å².